The molecule has 0 radical (unpaired) electrons. The first-order chi connectivity index (χ1) is 6.49. The molecular weight excluding hydrogens is 200 g/mol. The largest absolute Gasteiger partial charge is 0.313 e. The van der Waals surface area contributed by atoms with Crippen LogP contribution in [0, 0.1) is 0 Å². The summed E-state index contributed by atoms with van der Waals surface area (Å²) in [6, 6.07) is 0.196. The van der Waals surface area contributed by atoms with Crippen molar-refractivity contribution in [3.8, 4) is 0 Å². The third kappa shape index (κ3) is 4.39. The lowest BCUT2D eigenvalue weighted by Gasteiger charge is -2.12. The van der Waals surface area contributed by atoms with E-state index in [1.54, 1.807) is 0 Å². The van der Waals surface area contributed by atoms with Crippen LogP contribution in [0.5, 0.6) is 0 Å². The molecule has 1 heterocycles. The van der Waals surface area contributed by atoms with Crippen LogP contribution in [0.15, 0.2) is 0 Å². The third-order valence-electron chi connectivity index (χ3n) is 2.45. The molecule has 0 aromatic rings. The van der Waals surface area contributed by atoms with Gasteiger partial charge in [0.1, 0.15) is 0 Å². The molecule has 84 valence electrons. The molecular formula is C9H20N2O2S. The van der Waals surface area contributed by atoms with E-state index in [0.29, 0.717) is 11.5 Å². The van der Waals surface area contributed by atoms with Crippen LogP contribution >= 0.6 is 0 Å². The van der Waals surface area contributed by atoms with Gasteiger partial charge in [-0.2, -0.15) is 0 Å². The maximum absolute atomic E-state index is 11.1. The van der Waals surface area contributed by atoms with E-state index in [2.05, 4.69) is 10.2 Å². The molecule has 4 nitrogen and oxygen atoms in total. The first kappa shape index (κ1) is 11.9. The molecule has 1 aliphatic heterocycles. The minimum Gasteiger partial charge on any atom is -0.313 e. The van der Waals surface area contributed by atoms with Crippen LogP contribution in [0.3, 0.4) is 0 Å². The van der Waals surface area contributed by atoms with Crippen molar-refractivity contribution >= 4 is 9.84 Å². The van der Waals surface area contributed by atoms with Gasteiger partial charge in [0.05, 0.1) is 11.5 Å². The number of hydrogen-bond acceptors (Lipinski definition) is 4. The smallest absolute Gasteiger partial charge is 0.151 e. The highest BCUT2D eigenvalue weighted by Crippen LogP contribution is 2.10. The molecule has 0 spiro atoms. The van der Waals surface area contributed by atoms with Crippen LogP contribution in [-0.2, 0) is 9.84 Å². The highest BCUT2D eigenvalue weighted by molar-refractivity contribution is 7.91. The number of rotatable bonds is 5. The molecule has 5 heteroatoms. The van der Waals surface area contributed by atoms with E-state index in [-0.39, 0.29) is 6.04 Å². The quantitative estimate of drug-likeness (QED) is 0.647. The molecule has 0 aromatic carbocycles. The van der Waals surface area contributed by atoms with E-state index >= 15 is 0 Å². The first-order valence-corrected chi connectivity index (χ1v) is 6.90. The number of sulfone groups is 1. The van der Waals surface area contributed by atoms with Gasteiger partial charge in [-0.15, -0.1) is 0 Å². The molecule has 1 fully saturated rings. The van der Waals surface area contributed by atoms with Gasteiger partial charge in [-0.25, -0.2) is 8.42 Å². The predicted molar refractivity (Wildman–Crippen MR) is 58.2 cm³/mol. The van der Waals surface area contributed by atoms with Crippen molar-refractivity contribution in [1.29, 1.82) is 0 Å². The summed E-state index contributed by atoms with van der Waals surface area (Å²) >= 11 is 0. The molecule has 0 unspecified atom stereocenters. The van der Waals surface area contributed by atoms with Gasteiger partial charge in [-0.3, -0.25) is 0 Å². The summed E-state index contributed by atoms with van der Waals surface area (Å²) in [5.74, 6) is 0.688. The Bertz CT molecular complexity index is 262. The van der Waals surface area contributed by atoms with Crippen molar-refractivity contribution in [2.75, 3.05) is 38.7 Å². The van der Waals surface area contributed by atoms with Gasteiger partial charge in [-0.1, -0.05) is 0 Å². The Morgan fingerprint density at radius 1 is 1.43 bits per heavy atom. The topological polar surface area (TPSA) is 49.4 Å². The third-order valence-corrected chi connectivity index (χ3v) is 4.22. The zero-order valence-corrected chi connectivity index (χ0v) is 9.81. The molecule has 0 aromatic heterocycles. The second-order valence-electron chi connectivity index (χ2n) is 4.21. The van der Waals surface area contributed by atoms with Crippen molar-refractivity contribution < 1.29 is 8.42 Å². The van der Waals surface area contributed by atoms with Gasteiger partial charge in [0.15, 0.2) is 9.84 Å². The summed E-state index contributed by atoms with van der Waals surface area (Å²) in [7, 11) is 1.36. The van der Waals surface area contributed by atoms with Gasteiger partial charge in [0.25, 0.3) is 0 Å². The van der Waals surface area contributed by atoms with Crippen LogP contribution in [0.2, 0.25) is 0 Å². The lowest BCUT2D eigenvalue weighted by Crippen LogP contribution is -2.32. The Morgan fingerprint density at radius 3 is 2.64 bits per heavy atom. The van der Waals surface area contributed by atoms with Crippen molar-refractivity contribution in [3.63, 3.8) is 0 Å². The zero-order chi connectivity index (χ0) is 10.6. The summed E-state index contributed by atoms with van der Waals surface area (Å²) < 4.78 is 22.3. The maximum atomic E-state index is 11.1. The highest BCUT2D eigenvalue weighted by atomic mass is 32.2. The van der Waals surface area contributed by atoms with E-state index in [1.165, 1.54) is 0 Å². The summed E-state index contributed by atoms with van der Waals surface area (Å²) in [6.07, 6.45) is 1.86. The molecule has 1 saturated heterocycles. The monoisotopic (exact) mass is 220 g/mol. The number of nitrogens with zero attached hydrogens (tertiary/aromatic N) is 1. The summed E-state index contributed by atoms with van der Waals surface area (Å²) in [5, 5.41) is 3.29. The summed E-state index contributed by atoms with van der Waals surface area (Å²) in [4.78, 5) is 2.13. The van der Waals surface area contributed by atoms with Crippen molar-refractivity contribution in [1.82, 2.24) is 10.2 Å². The SMILES string of the molecule is CN(C)CCCN[C@H]1CCS(=O)(=O)C1. The highest BCUT2D eigenvalue weighted by Gasteiger charge is 2.26. The molecule has 1 atom stereocenters. The van der Waals surface area contributed by atoms with Gasteiger partial charge in [-0.05, 0) is 40.0 Å². The van der Waals surface area contributed by atoms with Crippen LogP contribution in [0.25, 0.3) is 0 Å². The fourth-order valence-electron chi connectivity index (χ4n) is 1.66. The van der Waals surface area contributed by atoms with E-state index in [4.69, 9.17) is 0 Å². The lowest BCUT2D eigenvalue weighted by atomic mass is 10.2. The maximum Gasteiger partial charge on any atom is 0.151 e. The van der Waals surface area contributed by atoms with Crippen molar-refractivity contribution in [2.45, 2.75) is 18.9 Å². The van der Waals surface area contributed by atoms with Crippen molar-refractivity contribution in [2.24, 2.45) is 0 Å². The Hall–Kier alpha value is -0.130. The lowest BCUT2D eigenvalue weighted by molar-refractivity contribution is 0.388. The number of nitrogens with one attached hydrogen (secondary N) is 1. The Balaban J connectivity index is 2.09. The average Bonchev–Trinajstić information content (AvgIpc) is 2.39. The molecule has 0 bridgehead atoms. The fraction of sp³-hybridized carbons (Fsp3) is 1.00. The summed E-state index contributed by atoms with van der Waals surface area (Å²) in [5.41, 5.74) is 0. The fourth-order valence-corrected chi connectivity index (χ4v) is 3.37. The average molecular weight is 220 g/mol. The van der Waals surface area contributed by atoms with Gasteiger partial charge in [0, 0.05) is 6.04 Å². The van der Waals surface area contributed by atoms with Gasteiger partial charge < -0.3 is 10.2 Å². The summed E-state index contributed by atoms with van der Waals surface area (Å²) in [6.45, 7) is 1.96. The van der Waals surface area contributed by atoms with Gasteiger partial charge >= 0.3 is 0 Å². The van der Waals surface area contributed by atoms with E-state index in [1.807, 2.05) is 14.1 Å². The standard InChI is InChI=1S/C9H20N2O2S/c1-11(2)6-3-5-10-9-4-7-14(12,13)8-9/h9-10H,3-8H2,1-2H3/t9-/m0/s1. The second-order valence-corrected chi connectivity index (χ2v) is 6.44. The van der Waals surface area contributed by atoms with Crippen LogP contribution < -0.4 is 5.32 Å². The minimum absolute atomic E-state index is 0.196. The Labute approximate surface area is 86.6 Å². The van der Waals surface area contributed by atoms with E-state index in [0.717, 1.165) is 25.9 Å². The van der Waals surface area contributed by atoms with Gasteiger partial charge in [0.2, 0.25) is 0 Å². The Kier molecular flexibility index (Phi) is 4.34. The molecule has 0 saturated carbocycles. The van der Waals surface area contributed by atoms with E-state index < -0.39 is 9.84 Å². The molecule has 14 heavy (non-hydrogen) atoms. The molecule has 1 N–H and O–H groups in total. The van der Waals surface area contributed by atoms with Crippen LogP contribution in [-0.4, -0.2) is 58.1 Å². The molecule has 0 aliphatic carbocycles. The van der Waals surface area contributed by atoms with E-state index in [9.17, 15) is 8.42 Å². The van der Waals surface area contributed by atoms with Crippen molar-refractivity contribution in [3.05, 3.63) is 0 Å². The zero-order valence-electron chi connectivity index (χ0n) is 8.99. The van der Waals surface area contributed by atoms with Crippen LogP contribution in [0.4, 0.5) is 0 Å². The molecule has 1 rings (SSSR count). The molecule has 0 amide bonds. The molecule has 1 aliphatic rings. The number of hydrogen-bond donors (Lipinski definition) is 1. The Morgan fingerprint density at radius 2 is 2.14 bits per heavy atom. The predicted octanol–water partition coefficient (Wildman–Crippen LogP) is -0.285. The normalized spacial score (nSPS) is 25.8. The minimum atomic E-state index is -2.72. The van der Waals surface area contributed by atoms with Crippen LogP contribution in [0.1, 0.15) is 12.8 Å². The second kappa shape index (κ2) is 5.09. The first-order valence-electron chi connectivity index (χ1n) is 5.08.